The Labute approximate surface area is 89.7 Å². The first-order chi connectivity index (χ1) is 6.88. The number of alkyl halides is 1. The number of ether oxygens (including phenoxy) is 1. The fraction of sp³-hybridized carbons (Fsp3) is 0.500. The molecule has 0 amide bonds. The van der Waals surface area contributed by atoms with Crippen LogP contribution in [0.4, 0.5) is 4.39 Å². The lowest BCUT2D eigenvalue weighted by Crippen LogP contribution is -2.19. The maximum Gasteiger partial charge on any atom is 0.125 e. The first kappa shape index (κ1) is 12.0. The minimum absolute atomic E-state index is 0.474. The summed E-state index contributed by atoms with van der Waals surface area (Å²) >= 11 is 0. The van der Waals surface area contributed by atoms with Gasteiger partial charge in [-0.3, -0.25) is 0 Å². The Morgan fingerprint density at radius 2 is 2.00 bits per heavy atom. The Morgan fingerprint density at radius 3 is 2.40 bits per heavy atom. The van der Waals surface area contributed by atoms with Gasteiger partial charge >= 0.3 is 0 Å². The molecular weight excluding hydrogens is 195 g/mol. The van der Waals surface area contributed by atoms with Gasteiger partial charge < -0.3 is 9.84 Å². The summed E-state index contributed by atoms with van der Waals surface area (Å²) in [6.45, 7) is 4.69. The fourth-order valence-electron chi connectivity index (χ4n) is 1.70. The molecule has 0 aliphatic rings. The second-order valence-corrected chi connectivity index (χ2v) is 4.10. The van der Waals surface area contributed by atoms with Gasteiger partial charge in [0.25, 0.3) is 0 Å². The van der Waals surface area contributed by atoms with Gasteiger partial charge in [-0.1, -0.05) is 12.1 Å². The van der Waals surface area contributed by atoms with Crippen LogP contribution in [0.3, 0.4) is 0 Å². The van der Waals surface area contributed by atoms with Crippen LogP contribution in [-0.2, 0) is 5.60 Å². The zero-order valence-electron chi connectivity index (χ0n) is 9.54. The maximum absolute atomic E-state index is 13.4. The molecule has 0 fully saturated rings. The van der Waals surface area contributed by atoms with Gasteiger partial charge in [0.1, 0.15) is 11.9 Å². The van der Waals surface area contributed by atoms with E-state index in [4.69, 9.17) is 4.74 Å². The highest BCUT2D eigenvalue weighted by Gasteiger charge is 2.26. The van der Waals surface area contributed by atoms with Crippen molar-refractivity contribution in [2.75, 3.05) is 7.11 Å². The molecule has 0 bridgehead atoms. The van der Waals surface area contributed by atoms with Crippen LogP contribution in [0.1, 0.15) is 38.1 Å². The first-order valence-electron chi connectivity index (χ1n) is 4.91. The van der Waals surface area contributed by atoms with Crippen LogP contribution in [0, 0.1) is 0 Å². The standard InChI is InChI=1S/C12H17FO2/c1-8(13)9-6-5-7-10(15-4)11(9)12(2,3)14/h5-8,14H,1-4H3. The van der Waals surface area contributed by atoms with Gasteiger partial charge in [-0.05, 0) is 32.4 Å². The minimum Gasteiger partial charge on any atom is -0.496 e. The van der Waals surface area contributed by atoms with Gasteiger partial charge in [-0.25, -0.2) is 4.39 Å². The number of aliphatic hydroxyl groups is 1. The third-order valence-electron chi connectivity index (χ3n) is 2.32. The molecule has 0 heterocycles. The fourth-order valence-corrected chi connectivity index (χ4v) is 1.70. The van der Waals surface area contributed by atoms with Gasteiger partial charge in [0, 0.05) is 5.56 Å². The predicted molar refractivity (Wildman–Crippen MR) is 57.8 cm³/mol. The number of hydrogen-bond donors (Lipinski definition) is 1. The molecule has 1 rings (SSSR count). The summed E-state index contributed by atoms with van der Waals surface area (Å²) in [4.78, 5) is 0. The lowest BCUT2D eigenvalue weighted by atomic mass is 9.90. The van der Waals surface area contributed by atoms with Crippen molar-refractivity contribution in [3.05, 3.63) is 29.3 Å². The summed E-state index contributed by atoms with van der Waals surface area (Å²) in [6.07, 6.45) is -1.12. The lowest BCUT2D eigenvalue weighted by molar-refractivity contribution is 0.0731. The second kappa shape index (κ2) is 4.19. The number of benzene rings is 1. The SMILES string of the molecule is COc1cccc(C(C)F)c1C(C)(C)O. The molecule has 0 aliphatic heterocycles. The summed E-state index contributed by atoms with van der Waals surface area (Å²) in [6, 6.07) is 5.11. The second-order valence-electron chi connectivity index (χ2n) is 4.10. The molecule has 1 aromatic rings. The van der Waals surface area contributed by atoms with Crippen molar-refractivity contribution in [2.45, 2.75) is 32.5 Å². The Kier molecular flexibility index (Phi) is 3.35. The molecule has 0 radical (unpaired) electrons. The molecule has 0 aromatic heterocycles. The summed E-state index contributed by atoms with van der Waals surface area (Å²) in [5, 5.41) is 9.98. The van der Waals surface area contributed by atoms with E-state index in [1.54, 1.807) is 32.0 Å². The summed E-state index contributed by atoms with van der Waals surface area (Å²) in [7, 11) is 1.51. The van der Waals surface area contributed by atoms with Gasteiger partial charge in [0.15, 0.2) is 0 Å². The molecule has 1 N–H and O–H groups in total. The lowest BCUT2D eigenvalue weighted by Gasteiger charge is -2.24. The Balaban J connectivity index is 3.41. The third-order valence-corrected chi connectivity index (χ3v) is 2.32. The van der Waals surface area contributed by atoms with E-state index in [2.05, 4.69) is 0 Å². The van der Waals surface area contributed by atoms with Crippen molar-refractivity contribution in [1.29, 1.82) is 0 Å². The van der Waals surface area contributed by atoms with E-state index >= 15 is 0 Å². The summed E-state index contributed by atoms with van der Waals surface area (Å²) < 4.78 is 18.5. The third kappa shape index (κ3) is 2.48. The normalized spacial score (nSPS) is 13.7. The van der Waals surface area contributed by atoms with Crippen LogP contribution in [0.2, 0.25) is 0 Å². The molecule has 0 aliphatic carbocycles. The molecule has 3 heteroatoms. The van der Waals surface area contributed by atoms with Crippen molar-refractivity contribution in [3.63, 3.8) is 0 Å². The van der Waals surface area contributed by atoms with E-state index in [0.29, 0.717) is 16.9 Å². The van der Waals surface area contributed by atoms with Crippen LogP contribution in [0.25, 0.3) is 0 Å². The van der Waals surface area contributed by atoms with E-state index in [9.17, 15) is 9.50 Å². The Bertz CT molecular complexity index is 340. The van der Waals surface area contributed by atoms with Crippen LogP contribution in [-0.4, -0.2) is 12.2 Å². The molecule has 1 atom stereocenters. The molecule has 0 saturated heterocycles. The maximum atomic E-state index is 13.4. The Morgan fingerprint density at radius 1 is 1.40 bits per heavy atom. The highest BCUT2D eigenvalue weighted by Crippen LogP contribution is 2.36. The zero-order valence-corrected chi connectivity index (χ0v) is 9.54. The minimum atomic E-state index is -1.12. The average molecular weight is 212 g/mol. The van der Waals surface area contributed by atoms with E-state index in [0.717, 1.165) is 0 Å². The molecule has 84 valence electrons. The largest absolute Gasteiger partial charge is 0.496 e. The van der Waals surface area contributed by atoms with Gasteiger partial charge in [0.2, 0.25) is 0 Å². The molecular formula is C12H17FO2. The molecule has 15 heavy (non-hydrogen) atoms. The van der Waals surface area contributed by atoms with Gasteiger partial charge in [-0.2, -0.15) is 0 Å². The monoisotopic (exact) mass is 212 g/mol. The van der Waals surface area contributed by atoms with Crippen LogP contribution in [0.5, 0.6) is 5.75 Å². The number of hydrogen-bond acceptors (Lipinski definition) is 2. The van der Waals surface area contributed by atoms with Gasteiger partial charge in [-0.15, -0.1) is 0 Å². The molecule has 1 aromatic carbocycles. The average Bonchev–Trinajstić information content (AvgIpc) is 2.15. The summed E-state index contributed by atoms with van der Waals surface area (Å²) in [5.41, 5.74) is -0.119. The van der Waals surface area contributed by atoms with Crippen LogP contribution >= 0.6 is 0 Å². The highest BCUT2D eigenvalue weighted by molar-refractivity contribution is 5.44. The van der Waals surface area contributed by atoms with E-state index < -0.39 is 11.8 Å². The zero-order chi connectivity index (χ0) is 11.6. The quantitative estimate of drug-likeness (QED) is 0.834. The van der Waals surface area contributed by atoms with Crippen LogP contribution < -0.4 is 4.74 Å². The van der Waals surface area contributed by atoms with E-state index in [1.807, 2.05) is 0 Å². The number of methoxy groups -OCH3 is 1. The molecule has 1 unspecified atom stereocenters. The predicted octanol–water partition coefficient (Wildman–Crippen LogP) is 2.95. The van der Waals surface area contributed by atoms with Crippen LogP contribution in [0.15, 0.2) is 18.2 Å². The number of halogens is 1. The van der Waals surface area contributed by atoms with Crippen molar-refractivity contribution in [2.24, 2.45) is 0 Å². The highest BCUT2D eigenvalue weighted by atomic mass is 19.1. The molecule has 0 saturated carbocycles. The Hall–Kier alpha value is -1.09. The summed E-state index contributed by atoms with van der Waals surface area (Å²) in [5.74, 6) is 0.518. The molecule has 0 spiro atoms. The first-order valence-corrected chi connectivity index (χ1v) is 4.91. The molecule has 2 nitrogen and oxygen atoms in total. The van der Waals surface area contributed by atoms with E-state index in [1.165, 1.54) is 14.0 Å². The smallest absolute Gasteiger partial charge is 0.125 e. The van der Waals surface area contributed by atoms with Crippen molar-refractivity contribution in [3.8, 4) is 5.75 Å². The van der Waals surface area contributed by atoms with Gasteiger partial charge in [0.05, 0.1) is 12.7 Å². The number of rotatable bonds is 3. The van der Waals surface area contributed by atoms with Crippen molar-refractivity contribution in [1.82, 2.24) is 0 Å². The topological polar surface area (TPSA) is 29.5 Å². The van der Waals surface area contributed by atoms with Crippen molar-refractivity contribution >= 4 is 0 Å². The van der Waals surface area contributed by atoms with Crippen molar-refractivity contribution < 1.29 is 14.2 Å². The van der Waals surface area contributed by atoms with E-state index in [-0.39, 0.29) is 0 Å².